The van der Waals surface area contributed by atoms with Gasteiger partial charge in [-0.15, -0.1) is 0 Å². The molecule has 0 amide bonds. The van der Waals surface area contributed by atoms with Gasteiger partial charge in [0.15, 0.2) is 11.6 Å². The quantitative estimate of drug-likeness (QED) is 0.242. The molecule has 4 heterocycles. The van der Waals surface area contributed by atoms with Gasteiger partial charge in [0.2, 0.25) is 0 Å². The van der Waals surface area contributed by atoms with Crippen LogP contribution >= 0.6 is 23.2 Å². The summed E-state index contributed by atoms with van der Waals surface area (Å²) in [6.45, 7) is 6.19. The van der Waals surface area contributed by atoms with E-state index in [1.54, 1.807) is 18.7 Å². The minimum atomic E-state index is -2.11. The molecule has 0 bridgehead atoms. The van der Waals surface area contributed by atoms with E-state index in [-0.39, 0.29) is 5.54 Å². The first-order valence-corrected chi connectivity index (χ1v) is 15.7. The fraction of sp³-hybridized carbons (Fsp3) is 0.370. The summed E-state index contributed by atoms with van der Waals surface area (Å²) in [7, 11) is -2.11. The lowest BCUT2D eigenvalue weighted by molar-refractivity contribution is 0.227. The van der Waals surface area contributed by atoms with Gasteiger partial charge in [-0.2, -0.15) is 5.10 Å². The third-order valence-corrected chi connectivity index (χ3v) is 8.09. The monoisotopic (exact) mass is 605 g/mol. The summed E-state index contributed by atoms with van der Waals surface area (Å²) in [5.74, 6) is 0.448. The van der Waals surface area contributed by atoms with Crippen molar-refractivity contribution in [3.05, 3.63) is 64.3 Å². The molecule has 1 saturated heterocycles. The Bertz CT molecular complexity index is 1650. The standard InChI is InChI=1S/C27H30Cl2FN7O2S/c1-16(24-20(28)12-31-13-21(24)29)39-18-5-6-23-19(10-18)25(36-35-23)17-9-22(30)26(32-11-17)37-14-27(2,15-37)33-7-8-34-40(3,4)38/h5-6,9-13,16,33H,7-8,14-15H2,1-4H3,(H,35,36)/t16-/m1/s1. The van der Waals surface area contributed by atoms with Gasteiger partial charge in [0.1, 0.15) is 17.5 Å². The van der Waals surface area contributed by atoms with Crippen molar-refractivity contribution in [1.29, 1.82) is 0 Å². The number of H-pyrrole nitrogens is 1. The molecule has 40 heavy (non-hydrogen) atoms. The average molecular weight is 607 g/mol. The minimum absolute atomic E-state index is 0.193. The van der Waals surface area contributed by atoms with E-state index in [1.165, 1.54) is 18.5 Å². The lowest BCUT2D eigenvalue weighted by Gasteiger charge is -2.49. The predicted molar refractivity (Wildman–Crippen MR) is 158 cm³/mol. The molecule has 0 unspecified atom stereocenters. The summed E-state index contributed by atoms with van der Waals surface area (Å²) < 4.78 is 37.3. The SMILES string of the molecule is C[C@@H](Oc1ccc2[nH]nc(-c3cnc(N4CC(C)(NCCN=S(C)(C)=O)C4)c(F)c3)c2c1)c1c(Cl)cncc1Cl. The van der Waals surface area contributed by atoms with Gasteiger partial charge >= 0.3 is 0 Å². The molecule has 13 heteroatoms. The number of ether oxygens (including phenoxy) is 1. The zero-order chi connectivity index (χ0) is 28.7. The van der Waals surface area contributed by atoms with Crippen molar-refractivity contribution in [1.82, 2.24) is 25.5 Å². The van der Waals surface area contributed by atoms with E-state index in [0.29, 0.717) is 64.6 Å². The second-order valence-corrected chi connectivity index (χ2v) is 13.9. The Labute approximate surface area is 242 Å². The van der Waals surface area contributed by atoms with E-state index < -0.39 is 21.7 Å². The lowest BCUT2D eigenvalue weighted by Crippen LogP contribution is -2.68. The molecular formula is C27H30Cl2FN7O2S. The second kappa shape index (κ2) is 11.1. The van der Waals surface area contributed by atoms with Crippen LogP contribution in [0.15, 0.2) is 47.2 Å². The first-order chi connectivity index (χ1) is 18.9. The van der Waals surface area contributed by atoms with E-state index in [4.69, 9.17) is 27.9 Å². The number of aromatic amines is 1. The van der Waals surface area contributed by atoms with Crippen molar-refractivity contribution >= 4 is 49.7 Å². The van der Waals surface area contributed by atoms with E-state index in [2.05, 4.69) is 36.8 Å². The Morgan fingerprint density at radius 3 is 2.62 bits per heavy atom. The molecule has 0 aliphatic carbocycles. The number of hydrogen-bond acceptors (Lipinski definition) is 8. The number of hydrogen-bond donors (Lipinski definition) is 2. The molecular weight excluding hydrogens is 576 g/mol. The number of nitrogens with one attached hydrogen (secondary N) is 2. The van der Waals surface area contributed by atoms with Crippen LogP contribution in [0.2, 0.25) is 10.0 Å². The van der Waals surface area contributed by atoms with E-state index in [1.807, 2.05) is 30.0 Å². The van der Waals surface area contributed by atoms with Crippen LogP contribution < -0.4 is 15.0 Å². The molecule has 0 saturated carbocycles. The summed E-state index contributed by atoms with van der Waals surface area (Å²) in [6.07, 6.45) is 7.48. The molecule has 9 nitrogen and oxygen atoms in total. The summed E-state index contributed by atoms with van der Waals surface area (Å²) in [6, 6.07) is 6.96. The smallest absolute Gasteiger partial charge is 0.166 e. The fourth-order valence-electron chi connectivity index (χ4n) is 4.83. The van der Waals surface area contributed by atoms with Gasteiger partial charge < -0.3 is 15.0 Å². The van der Waals surface area contributed by atoms with E-state index >= 15 is 4.39 Å². The van der Waals surface area contributed by atoms with Crippen LogP contribution in [0.25, 0.3) is 22.2 Å². The molecule has 2 N–H and O–H groups in total. The molecule has 0 spiro atoms. The number of pyridine rings is 2. The first kappa shape index (κ1) is 28.5. The van der Waals surface area contributed by atoms with Crippen molar-refractivity contribution in [2.24, 2.45) is 4.36 Å². The molecule has 212 valence electrons. The molecule has 1 aromatic carbocycles. The van der Waals surface area contributed by atoms with Crippen LogP contribution in [-0.2, 0) is 9.73 Å². The van der Waals surface area contributed by atoms with Gasteiger partial charge in [0.05, 0.1) is 27.6 Å². The maximum atomic E-state index is 15.3. The highest BCUT2D eigenvalue weighted by molar-refractivity contribution is 7.92. The van der Waals surface area contributed by atoms with Crippen molar-refractivity contribution in [2.75, 3.05) is 43.6 Å². The molecule has 1 aliphatic heterocycles. The Hall–Kier alpha value is -2.99. The molecule has 0 radical (unpaired) electrons. The largest absolute Gasteiger partial charge is 0.486 e. The lowest BCUT2D eigenvalue weighted by atomic mass is 9.92. The second-order valence-electron chi connectivity index (χ2n) is 10.5. The van der Waals surface area contributed by atoms with Crippen molar-refractivity contribution < 1.29 is 13.3 Å². The van der Waals surface area contributed by atoms with Gasteiger partial charge in [-0.05, 0) is 38.1 Å². The molecule has 1 fully saturated rings. The van der Waals surface area contributed by atoms with Crippen molar-refractivity contribution in [3.8, 4) is 17.0 Å². The Morgan fingerprint density at radius 2 is 1.95 bits per heavy atom. The molecule has 3 aromatic heterocycles. The van der Waals surface area contributed by atoms with Gasteiger partial charge in [0, 0.05) is 77.0 Å². The van der Waals surface area contributed by atoms with Crippen LogP contribution in [0.1, 0.15) is 25.5 Å². The Balaban J connectivity index is 1.30. The number of halogens is 3. The van der Waals surface area contributed by atoms with Crippen LogP contribution in [0, 0.1) is 5.82 Å². The highest BCUT2D eigenvalue weighted by Crippen LogP contribution is 2.36. The number of rotatable bonds is 9. The fourth-order valence-corrected chi connectivity index (χ4v) is 6.04. The van der Waals surface area contributed by atoms with Crippen LogP contribution in [0.3, 0.4) is 0 Å². The minimum Gasteiger partial charge on any atom is -0.486 e. The van der Waals surface area contributed by atoms with Gasteiger partial charge in [-0.1, -0.05) is 23.2 Å². The van der Waals surface area contributed by atoms with Crippen LogP contribution in [-0.4, -0.2) is 68.6 Å². The number of nitrogens with zero attached hydrogens (tertiary/aromatic N) is 5. The zero-order valence-electron chi connectivity index (χ0n) is 22.5. The molecule has 4 aromatic rings. The average Bonchev–Trinajstić information content (AvgIpc) is 3.28. The maximum Gasteiger partial charge on any atom is 0.166 e. The first-order valence-electron chi connectivity index (χ1n) is 12.6. The van der Waals surface area contributed by atoms with Crippen LogP contribution in [0.4, 0.5) is 10.2 Å². The molecule has 5 rings (SSSR count). The van der Waals surface area contributed by atoms with Crippen LogP contribution in [0.5, 0.6) is 5.75 Å². The number of anilines is 1. The summed E-state index contributed by atoms with van der Waals surface area (Å²) >= 11 is 12.6. The maximum absolute atomic E-state index is 15.3. The summed E-state index contributed by atoms with van der Waals surface area (Å²) in [5, 5.41) is 12.4. The topological polar surface area (TPSA) is 108 Å². The van der Waals surface area contributed by atoms with Gasteiger partial charge in [-0.25, -0.2) is 13.7 Å². The molecule has 1 atom stereocenters. The summed E-state index contributed by atoms with van der Waals surface area (Å²) in [4.78, 5) is 10.3. The number of aromatic nitrogens is 4. The highest BCUT2D eigenvalue weighted by Gasteiger charge is 2.40. The van der Waals surface area contributed by atoms with E-state index in [9.17, 15) is 4.21 Å². The van der Waals surface area contributed by atoms with Crippen molar-refractivity contribution in [3.63, 3.8) is 0 Å². The number of benzene rings is 1. The summed E-state index contributed by atoms with van der Waals surface area (Å²) in [5.41, 5.74) is 2.34. The predicted octanol–water partition coefficient (Wildman–Crippen LogP) is 5.50. The highest BCUT2D eigenvalue weighted by atomic mass is 35.5. The van der Waals surface area contributed by atoms with E-state index in [0.717, 1.165) is 10.9 Å². The van der Waals surface area contributed by atoms with Gasteiger partial charge in [0.25, 0.3) is 0 Å². The normalized spacial score (nSPS) is 15.6. The van der Waals surface area contributed by atoms with Crippen molar-refractivity contribution in [2.45, 2.75) is 25.5 Å². The zero-order valence-corrected chi connectivity index (χ0v) is 24.9. The van der Waals surface area contributed by atoms with Gasteiger partial charge in [-0.3, -0.25) is 14.3 Å². The Morgan fingerprint density at radius 1 is 1.23 bits per heavy atom. The molecule has 1 aliphatic rings. The Kier molecular flexibility index (Phi) is 7.93. The number of fused-ring (bicyclic) bond motifs is 1. The third kappa shape index (κ3) is 6.17. The third-order valence-electron chi connectivity index (χ3n) is 6.68.